The number of ether oxygens (including phenoxy) is 6. The fraction of sp³-hybridized carbons (Fsp3) is 0.575. The van der Waals surface area contributed by atoms with Crippen LogP contribution in [0.15, 0.2) is 36.4 Å². The van der Waals surface area contributed by atoms with Crippen LogP contribution in [0.4, 0.5) is 10.5 Å². The number of carbonyl (C=O) groups excluding carboxylic acids is 3. The molecule has 0 aliphatic carbocycles. The van der Waals surface area contributed by atoms with Gasteiger partial charge in [-0.1, -0.05) is 32.4 Å². The number of fused-ring (bicyclic) bond motifs is 1. The molecule has 16 nitrogen and oxygen atoms in total. The molecule has 2 aliphatic rings. The summed E-state index contributed by atoms with van der Waals surface area (Å²) in [5.41, 5.74) is 2.65. The minimum atomic E-state index is -0.409. The lowest BCUT2D eigenvalue weighted by molar-refractivity contribution is -0.121. The highest BCUT2D eigenvalue weighted by atomic mass is 32.2. The summed E-state index contributed by atoms with van der Waals surface area (Å²) >= 11 is 1.89. The van der Waals surface area contributed by atoms with Gasteiger partial charge in [-0.2, -0.15) is 11.8 Å². The molecule has 17 heteroatoms. The lowest BCUT2D eigenvalue weighted by Gasteiger charge is -2.21. The number of methoxy groups -OCH3 is 2. The van der Waals surface area contributed by atoms with E-state index >= 15 is 0 Å². The molecule has 4 amide bonds. The van der Waals surface area contributed by atoms with Crippen LogP contribution in [0.1, 0.15) is 68.2 Å². The van der Waals surface area contributed by atoms with E-state index in [2.05, 4.69) is 52.4 Å². The van der Waals surface area contributed by atoms with Crippen LogP contribution in [0.2, 0.25) is 0 Å². The van der Waals surface area contributed by atoms with Crippen molar-refractivity contribution in [3.8, 4) is 22.9 Å². The van der Waals surface area contributed by atoms with Crippen molar-refractivity contribution in [2.45, 2.75) is 76.1 Å². The number of benzene rings is 2. The van der Waals surface area contributed by atoms with Crippen molar-refractivity contribution >= 4 is 35.3 Å². The molecule has 0 unspecified atom stereocenters. The van der Waals surface area contributed by atoms with Gasteiger partial charge in [-0.05, 0) is 55.0 Å². The number of carbonyl (C=O) groups is 3. The van der Waals surface area contributed by atoms with Gasteiger partial charge in [0.2, 0.25) is 5.91 Å². The lowest BCUT2D eigenvalue weighted by Crippen LogP contribution is -2.36. The molecule has 2 aliphatic heterocycles. The van der Waals surface area contributed by atoms with Gasteiger partial charge in [0.15, 0.2) is 5.69 Å². The maximum Gasteiger partial charge on any atom is 0.315 e. The Hall–Kier alpha value is -4.58. The van der Waals surface area contributed by atoms with Crippen LogP contribution in [0.25, 0.3) is 5.69 Å². The van der Waals surface area contributed by atoms with Gasteiger partial charge in [-0.25, -0.2) is 9.48 Å². The number of thioether (sulfide) groups is 1. The molecule has 0 bridgehead atoms. The molecular weight excluding hydrogens is 755 g/mol. The summed E-state index contributed by atoms with van der Waals surface area (Å²) in [5.74, 6) is 2.34. The summed E-state index contributed by atoms with van der Waals surface area (Å²) in [6.45, 7) is 11.2. The fourth-order valence-electron chi connectivity index (χ4n) is 6.49. The molecule has 4 N–H and O–H groups in total. The van der Waals surface area contributed by atoms with Crippen molar-refractivity contribution < 1.29 is 42.8 Å². The minimum Gasteiger partial charge on any atom is -0.497 e. The van der Waals surface area contributed by atoms with Crippen LogP contribution in [-0.4, -0.2) is 123 Å². The van der Waals surface area contributed by atoms with Crippen molar-refractivity contribution in [2.24, 2.45) is 0 Å². The van der Waals surface area contributed by atoms with Crippen LogP contribution < -0.4 is 35.5 Å². The van der Waals surface area contributed by atoms with Gasteiger partial charge in [0, 0.05) is 41.8 Å². The molecule has 3 heterocycles. The molecule has 0 saturated carbocycles. The van der Waals surface area contributed by atoms with Gasteiger partial charge >= 0.3 is 6.03 Å². The molecule has 2 saturated heterocycles. The zero-order chi connectivity index (χ0) is 40.8. The topological polar surface area (TPSA) is 185 Å². The van der Waals surface area contributed by atoms with Gasteiger partial charge in [0.05, 0.1) is 71.6 Å². The van der Waals surface area contributed by atoms with Crippen molar-refractivity contribution in [3.63, 3.8) is 0 Å². The Bertz CT molecular complexity index is 1800. The first-order chi connectivity index (χ1) is 27.5. The third-order valence-electron chi connectivity index (χ3n) is 9.64. The first-order valence-corrected chi connectivity index (χ1v) is 20.4. The number of urea groups is 1. The predicted octanol–water partition coefficient (Wildman–Crippen LogP) is 4.41. The number of nitrogens with zero attached hydrogens (tertiary/aromatic N) is 3. The average Bonchev–Trinajstić information content (AvgIpc) is 3.88. The van der Waals surface area contributed by atoms with E-state index in [1.54, 1.807) is 50.1 Å². The van der Waals surface area contributed by atoms with E-state index in [4.69, 9.17) is 28.4 Å². The quantitative estimate of drug-likeness (QED) is 0.0783. The van der Waals surface area contributed by atoms with Crippen LogP contribution in [-0.2, 0) is 24.4 Å². The van der Waals surface area contributed by atoms with E-state index in [0.717, 1.165) is 30.6 Å². The third-order valence-corrected chi connectivity index (χ3v) is 11.2. The average molecular weight is 812 g/mol. The molecule has 2 aromatic carbocycles. The van der Waals surface area contributed by atoms with E-state index < -0.39 is 5.91 Å². The largest absolute Gasteiger partial charge is 0.497 e. The van der Waals surface area contributed by atoms with E-state index in [9.17, 15) is 14.4 Å². The Kier molecular flexibility index (Phi) is 16.2. The Balaban J connectivity index is 0.933. The number of anilines is 1. The minimum absolute atomic E-state index is 0.0261. The number of aromatic nitrogens is 3. The van der Waals surface area contributed by atoms with Gasteiger partial charge in [0.1, 0.15) is 29.5 Å². The maximum absolute atomic E-state index is 13.4. The molecule has 0 spiro atoms. The van der Waals surface area contributed by atoms with Crippen molar-refractivity contribution in [1.29, 1.82) is 0 Å². The maximum atomic E-state index is 13.4. The van der Waals surface area contributed by atoms with Gasteiger partial charge in [0.25, 0.3) is 5.91 Å². The zero-order valence-electron chi connectivity index (χ0n) is 33.8. The number of amides is 4. The second-order valence-corrected chi connectivity index (χ2v) is 16.1. The van der Waals surface area contributed by atoms with Gasteiger partial charge in [-0.3, -0.25) is 9.59 Å². The van der Waals surface area contributed by atoms with Gasteiger partial charge < -0.3 is 49.7 Å². The van der Waals surface area contributed by atoms with E-state index in [-0.39, 0.29) is 35.1 Å². The molecule has 3 aromatic rings. The number of hydrogen-bond acceptors (Lipinski definition) is 12. The smallest absolute Gasteiger partial charge is 0.315 e. The number of unbranched alkanes of at least 4 members (excludes halogenated alkanes) is 1. The second kappa shape index (κ2) is 21.3. The first kappa shape index (κ1) is 43.5. The van der Waals surface area contributed by atoms with E-state index in [1.165, 1.54) is 0 Å². The third kappa shape index (κ3) is 12.7. The molecule has 57 heavy (non-hydrogen) atoms. The molecule has 5 rings (SSSR count). The highest BCUT2D eigenvalue weighted by Gasteiger charge is 2.42. The number of rotatable bonds is 23. The number of nitrogens with one attached hydrogen (secondary N) is 4. The summed E-state index contributed by atoms with van der Waals surface area (Å²) < 4.78 is 35.3. The van der Waals surface area contributed by atoms with Crippen LogP contribution in [0.5, 0.6) is 17.2 Å². The van der Waals surface area contributed by atoms with Gasteiger partial charge in [-0.15, -0.1) is 5.10 Å². The Labute approximate surface area is 338 Å². The van der Waals surface area contributed by atoms with E-state index in [1.807, 2.05) is 23.9 Å². The Morgan fingerprint density at radius 1 is 0.912 bits per heavy atom. The summed E-state index contributed by atoms with van der Waals surface area (Å²) in [7, 11) is 3.14. The molecule has 0 radical (unpaired) electrons. The molecule has 3 atom stereocenters. The molecule has 1 aromatic heterocycles. The lowest BCUT2D eigenvalue weighted by atomic mass is 9.86. The van der Waals surface area contributed by atoms with Crippen molar-refractivity contribution in [2.75, 3.05) is 78.1 Å². The fourth-order valence-corrected chi connectivity index (χ4v) is 8.04. The Morgan fingerprint density at radius 2 is 1.65 bits per heavy atom. The van der Waals surface area contributed by atoms with Crippen LogP contribution in [0.3, 0.4) is 0 Å². The SMILES string of the molecule is COc1ccc(OC)c(-n2nnc(C(=O)Nc3cc(OCCOCCOCCOCCNC(=O)CCCC[C@@H]4SC[C@@H]5NC(=O)N[C@@H]54)cc(C(C)(C)C)c3)c2C)c1. The monoisotopic (exact) mass is 811 g/mol. The zero-order valence-corrected chi connectivity index (χ0v) is 34.6. The molecular formula is C40H57N7O9S. The predicted molar refractivity (Wildman–Crippen MR) is 217 cm³/mol. The summed E-state index contributed by atoms with van der Waals surface area (Å²) in [4.78, 5) is 37.1. The second-order valence-electron chi connectivity index (χ2n) is 14.8. The molecule has 2 fully saturated rings. The first-order valence-electron chi connectivity index (χ1n) is 19.4. The van der Waals surface area contributed by atoms with Crippen LogP contribution >= 0.6 is 11.8 Å². The van der Waals surface area contributed by atoms with Crippen molar-refractivity contribution in [1.82, 2.24) is 30.9 Å². The van der Waals surface area contributed by atoms with Crippen molar-refractivity contribution in [3.05, 3.63) is 53.3 Å². The summed E-state index contributed by atoms with van der Waals surface area (Å²) in [6, 6.07) is 11.3. The Morgan fingerprint density at radius 3 is 2.37 bits per heavy atom. The summed E-state index contributed by atoms with van der Waals surface area (Å²) in [5, 5.41) is 20.6. The van der Waals surface area contributed by atoms with Crippen LogP contribution in [0, 0.1) is 6.92 Å². The summed E-state index contributed by atoms with van der Waals surface area (Å²) in [6.07, 6.45) is 3.27. The van der Waals surface area contributed by atoms with E-state index in [0.29, 0.717) is 98.8 Å². The normalized spacial score (nSPS) is 17.4. The highest BCUT2D eigenvalue weighted by molar-refractivity contribution is 8.00. The molecule has 312 valence electrons. The number of hydrogen-bond donors (Lipinski definition) is 4. The highest BCUT2D eigenvalue weighted by Crippen LogP contribution is 2.34. The standard InChI is InChI=1S/C40H57N7O9S/c1-26-36(45-46-47(26)32-24-29(51-5)11-12-33(32)52-6)38(49)42-28-21-27(40(2,3)4)22-30(23-28)56-20-19-55-18-17-54-16-15-53-14-13-41-35(48)10-8-7-9-34-37-31(25-57-34)43-39(50)44-37/h11-12,21-24,31,34,37H,7-10,13-20,25H2,1-6H3,(H,41,48)(H,42,49)(H2,43,44,50)/t31-,34-,37-/m0/s1.